The zero-order valence-corrected chi connectivity index (χ0v) is 10.1. The maximum atomic E-state index is 9.45. The molecule has 0 aliphatic carbocycles. The first-order chi connectivity index (χ1) is 9.17. The SMILES string of the molecule is Nc1ncnc2c1ncn2C/C=C(/CO)[C@@H](O)CO. The monoisotopic (exact) mass is 265 g/mol. The molecule has 0 fully saturated rings. The molecule has 102 valence electrons. The van der Waals surface area contributed by atoms with Gasteiger partial charge in [-0.25, -0.2) is 15.0 Å². The molecule has 1 atom stereocenters. The van der Waals surface area contributed by atoms with Gasteiger partial charge in [-0.15, -0.1) is 0 Å². The number of anilines is 1. The van der Waals surface area contributed by atoms with Gasteiger partial charge in [0.25, 0.3) is 0 Å². The third-order valence-electron chi connectivity index (χ3n) is 2.76. The van der Waals surface area contributed by atoms with Crippen molar-refractivity contribution in [3.8, 4) is 0 Å². The molecule has 0 spiro atoms. The Balaban J connectivity index is 2.27. The van der Waals surface area contributed by atoms with E-state index in [-0.39, 0.29) is 6.61 Å². The number of imidazole rings is 1. The van der Waals surface area contributed by atoms with Gasteiger partial charge in [-0.3, -0.25) is 0 Å². The van der Waals surface area contributed by atoms with E-state index in [9.17, 15) is 5.11 Å². The standard InChI is InChI=1S/C11H15N5O3/c12-10-9-11(14-5-13-10)16(6-15-9)2-1-7(3-17)8(19)4-18/h1,5-6,8,17-19H,2-4H2,(H2,12,13,14)/b7-1-/t8-/m0/s1. The van der Waals surface area contributed by atoms with E-state index >= 15 is 0 Å². The van der Waals surface area contributed by atoms with Gasteiger partial charge in [0.15, 0.2) is 11.5 Å². The van der Waals surface area contributed by atoms with E-state index in [4.69, 9.17) is 15.9 Å². The Morgan fingerprint density at radius 3 is 2.84 bits per heavy atom. The van der Waals surface area contributed by atoms with Crippen LogP contribution in [0.5, 0.6) is 0 Å². The highest BCUT2D eigenvalue weighted by Crippen LogP contribution is 2.14. The lowest BCUT2D eigenvalue weighted by molar-refractivity contribution is 0.111. The van der Waals surface area contributed by atoms with Crippen molar-refractivity contribution in [2.75, 3.05) is 18.9 Å². The van der Waals surface area contributed by atoms with E-state index in [1.807, 2.05) is 0 Å². The fourth-order valence-electron chi connectivity index (χ4n) is 1.67. The minimum Gasteiger partial charge on any atom is -0.393 e. The topological polar surface area (TPSA) is 130 Å². The fourth-order valence-corrected chi connectivity index (χ4v) is 1.67. The third kappa shape index (κ3) is 2.70. The lowest BCUT2D eigenvalue weighted by atomic mass is 10.1. The first kappa shape index (κ1) is 13.4. The first-order valence-corrected chi connectivity index (χ1v) is 5.67. The van der Waals surface area contributed by atoms with Crippen molar-refractivity contribution < 1.29 is 15.3 Å². The number of nitrogens with zero attached hydrogens (tertiary/aromatic N) is 4. The molecule has 0 radical (unpaired) electrons. The number of aliphatic hydroxyl groups is 3. The van der Waals surface area contributed by atoms with Crippen molar-refractivity contribution in [1.82, 2.24) is 19.5 Å². The third-order valence-corrected chi connectivity index (χ3v) is 2.76. The van der Waals surface area contributed by atoms with Crippen LogP contribution in [0.15, 0.2) is 24.3 Å². The van der Waals surface area contributed by atoms with Gasteiger partial charge in [-0.2, -0.15) is 0 Å². The zero-order chi connectivity index (χ0) is 13.8. The van der Waals surface area contributed by atoms with Gasteiger partial charge in [0.1, 0.15) is 17.9 Å². The van der Waals surface area contributed by atoms with Crippen LogP contribution >= 0.6 is 0 Å². The fraction of sp³-hybridized carbons (Fsp3) is 0.364. The number of hydrogen-bond acceptors (Lipinski definition) is 7. The van der Waals surface area contributed by atoms with Crippen LogP contribution in [0.3, 0.4) is 0 Å². The number of hydrogen-bond donors (Lipinski definition) is 4. The van der Waals surface area contributed by atoms with E-state index in [2.05, 4.69) is 15.0 Å². The Labute approximate surface area is 108 Å². The van der Waals surface area contributed by atoms with E-state index in [0.29, 0.717) is 29.1 Å². The lowest BCUT2D eigenvalue weighted by Crippen LogP contribution is -2.18. The van der Waals surface area contributed by atoms with Crippen LogP contribution in [-0.2, 0) is 6.54 Å². The molecule has 0 amide bonds. The Kier molecular flexibility index (Phi) is 4.05. The van der Waals surface area contributed by atoms with E-state index < -0.39 is 12.7 Å². The molecule has 0 saturated carbocycles. The van der Waals surface area contributed by atoms with Crippen molar-refractivity contribution in [3.63, 3.8) is 0 Å². The summed E-state index contributed by atoms with van der Waals surface area (Å²) in [6.07, 6.45) is 3.43. The van der Waals surface area contributed by atoms with E-state index in [0.717, 1.165) is 0 Å². The van der Waals surface area contributed by atoms with Gasteiger partial charge >= 0.3 is 0 Å². The number of nitrogens with two attached hydrogens (primary N) is 1. The maximum absolute atomic E-state index is 9.45. The summed E-state index contributed by atoms with van der Waals surface area (Å²) in [6.45, 7) is -0.419. The van der Waals surface area contributed by atoms with E-state index in [1.54, 1.807) is 17.0 Å². The van der Waals surface area contributed by atoms with Crippen molar-refractivity contribution >= 4 is 17.0 Å². The molecular weight excluding hydrogens is 250 g/mol. The van der Waals surface area contributed by atoms with Gasteiger partial charge in [0, 0.05) is 6.54 Å². The zero-order valence-electron chi connectivity index (χ0n) is 10.1. The highest BCUT2D eigenvalue weighted by molar-refractivity contribution is 5.81. The highest BCUT2D eigenvalue weighted by Gasteiger charge is 2.10. The Hall–Kier alpha value is -2.03. The van der Waals surface area contributed by atoms with E-state index in [1.165, 1.54) is 6.33 Å². The van der Waals surface area contributed by atoms with Gasteiger partial charge in [-0.05, 0) is 5.57 Å². The smallest absolute Gasteiger partial charge is 0.165 e. The molecule has 2 aromatic heterocycles. The molecule has 0 bridgehead atoms. The van der Waals surface area contributed by atoms with Crippen LogP contribution in [0.25, 0.3) is 11.2 Å². The highest BCUT2D eigenvalue weighted by atomic mass is 16.3. The molecule has 2 rings (SSSR count). The quantitative estimate of drug-likeness (QED) is 0.493. The van der Waals surface area contributed by atoms with Gasteiger partial charge in [-0.1, -0.05) is 6.08 Å². The molecule has 2 heterocycles. The number of aromatic nitrogens is 4. The molecular formula is C11H15N5O3. The van der Waals surface area contributed by atoms with Crippen molar-refractivity contribution in [2.24, 2.45) is 0 Å². The minimum atomic E-state index is -1.07. The summed E-state index contributed by atoms with van der Waals surface area (Å²) in [4.78, 5) is 12.0. The summed E-state index contributed by atoms with van der Waals surface area (Å²) in [6, 6.07) is 0. The summed E-state index contributed by atoms with van der Waals surface area (Å²) in [5.41, 5.74) is 7.08. The summed E-state index contributed by atoms with van der Waals surface area (Å²) in [5.74, 6) is 0.297. The van der Waals surface area contributed by atoms with Crippen molar-refractivity contribution in [2.45, 2.75) is 12.6 Å². The van der Waals surface area contributed by atoms with Crippen LogP contribution in [0, 0.1) is 0 Å². The van der Waals surface area contributed by atoms with Crippen LogP contribution in [0.2, 0.25) is 0 Å². The lowest BCUT2D eigenvalue weighted by Gasteiger charge is -2.10. The predicted octanol–water partition coefficient (Wildman–Crippen LogP) is -1.32. The second-order valence-electron chi connectivity index (χ2n) is 3.96. The van der Waals surface area contributed by atoms with Crippen LogP contribution < -0.4 is 5.73 Å². The molecule has 8 nitrogen and oxygen atoms in total. The normalized spacial score (nSPS) is 13.9. The van der Waals surface area contributed by atoms with Gasteiger partial charge in [0.2, 0.25) is 0 Å². The Bertz CT molecular complexity index is 595. The molecule has 0 unspecified atom stereocenters. The van der Waals surface area contributed by atoms with Crippen molar-refractivity contribution in [1.29, 1.82) is 0 Å². The van der Waals surface area contributed by atoms with Crippen LogP contribution in [0.4, 0.5) is 5.82 Å². The average molecular weight is 265 g/mol. The summed E-state index contributed by atoms with van der Waals surface area (Å²) in [7, 11) is 0. The van der Waals surface area contributed by atoms with Crippen LogP contribution in [-0.4, -0.2) is 54.2 Å². The summed E-state index contributed by atoms with van der Waals surface area (Å²) in [5, 5.41) is 27.4. The Morgan fingerprint density at radius 1 is 1.37 bits per heavy atom. The van der Waals surface area contributed by atoms with Gasteiger partial charge in [0.05, 0.1) is 19.5 Å². The second kappa shape index (κ2) is 5.74. The number of fused-ring (bicyclic) bond motifs is 1. The molecule has 0 saturated heterocycles. The van der Waals surface area contributed by atoms with Crippen molar-refractivity contribution in [3.05, 3.63) is 24.3 Å². The summed E-state index contributed by atoms with van der Waals surface area (Å²) < 4.78 is 1.70. The number of allylic oxidation sites excluding steroid dienone is 1. The van der Waals surface area contributed by atoms with Crippen LogP contribution in [0.1, 0.15) is 0 Å². The molecule has 0 aromatic carbocycles. The number of aliphatic hydroxyl groups excluding tert-OH is 3. The largest absolute Gasteiger partial charge is 0.393 e. The molecule has 0 aliphatic rings. The minimum absolute atomic E-state index is 0.297. The molecule has 5 N–H and O–H groups in total. The summed E-state index contributed by atoms with van der Waals surface area (Å²) >= 11 is 0. The first-order valence-electron chi connectivity index (χ1n) is 5.67. The molecule has 0 aliphatic heterocycles. The Morgan fingerprint density at radius 2 is 2.16 bits per heavy atom. The number of nitrogen functional groups attached to an aromatic ring is 1. The molecule has 19 heavy (non-hydrogen) atoms. The second-order valence-corrected chi connectivity index (χ2v) is 3.96. The van der Waals surface area contributed by atoms with Gasteiger partial charge < -0.3 is 25.6 Å². The average Bonchev–Trinajstić information content (AvgIpc) is 2.84. The molecule has 8 heteroatoms. The predicted molar refractivity (Wildman–Crippen MR) is 68.0 cm³/mol. The molecule has 2 aromatic rings. The number of rotatable bonds is 5. The maximum Gasteiger partial charge on any atom is 0.165 e.